The van der Waals surface area contributed by atoms with Gasteiger partial charge in [0.25, 0.3) is 5.91 Å². The van der Waals surface area contributed by atoms with Gasteiger partial charge in [-0.25, -0.2) is 4.79 Å². The Labute approximate surface area is 159 Å². The Morgan fingerprint density at radius 1 is 1.41 bits per heavy atom. The summed E-state index contributed by atoms with van der Waals surface area (Å²) >= 11 is 0. The number of hydrogen-bond donors (Lipinski definition) is 1. The van der Waals surface area contributed by atoms with E-state index in [1.165, 1.54) is 0 Å². The Kier molecular flexibility index (Phi) is 5.11. The van der Waals surface area contributed by atoms with Crippen molar-refractivity contribution >= 4 is 12.0 Å². The van der Waals surface area contributed by atoms with Crippen molar-refractivity contribution in [1.82, 2.24) is 15.1 Å². The second-order valence-corrected chi connectivity index (χ2v) is 8.26. The molecule has 2 aliphatic heterocycles. The molecule has 2 aliphatic rings. The number of benzene rings is 1. The fourth-order valence-electron chi connectivity index (χ4n) is 3.49. The van der Waals surface area contributed by atoms with Crippen LogP contribution in [0.25, 0.3) is 0 Å². The molecule has 0 aliphatic carbocycles. The standard InChI is InChI=1S/C20H26N4O3/c1-13-9-22-16(12-24(13)19(26)27-20(2,3)4)11-23-10-15-7-14(8-21)5-6-17(15)18(23)25/h5-7,13,16,22H,9-12H2,1-4H3/t13-,16+/m1/s1. The van der Waals surface area contributed by atoms with E-state index in [1.807, 2.05) is 27.7 Å². The van der Waals surface area contributed by atoms with Crippen molar-refractivity contribution in [3.05, 3.63) is 34.9 Å². The molecule has 1 fully saturated rings. The van der Waals surface area contributed by atoms with Gasteiger partial charge in [-0.1, -0.05) is 0 Å². The largest absolute Gasteiger partial charge is 0.444 e. The van der Waals surface area contributed by atoms with Crippen molar-refractivity contribution < 1.29 is 14.3 Å². The maximum atomic E-state index is 12.6. The lowest BCUT2D eigenvalue weighted by Gasteiger charge is -2.40. The first-order valence-electron chi connectivity index (χ1n) is 9.23. The van der Waals surface area contributed by atoms with Crippen LogP contribution < -0.4 is 5.32 Å². The first-order chi connectivity index (χ1) is 12.7. The Morgan fingerprint density at radius 2 is 2.15 bits per heavy atom. The van der Waals surface area contributed by atoms with Gasteiger partial charge in [0.15, 0.2) is 0 Å². The smallest absolute Gasteiger partial charge is 0.410 e. The zero-order chi connectivity index (χ0) is 19.8. The lowest BCUT2D eigenvalue weighted by molar-refractivity contribution is 0.00817. The minimum Gasteiger partial charge on any atom is -0.444 e. The molecule has 1 N–H and O–H groups in total. The topological polar surface area (TPSA) is 85.7 Å². The third-order valence-electron chi connectivity index (χ3n) is 4.83. The maximum absolute atomic E-state index is 12.6. The summed E-state index contributed by atoms with van der Waals surface area (Å²) in [4.78, 5) is 28.6. The van der Waals surface area contributed by atoms with Gasteiger partial charge >= 0.3 is 6.09 Å². The van der Waals surface area contributed by atoms with E-state index in [-0.39, 0.29) is 24.1 Å². The van der Waals surface area contributed by atoms with E-state index in [4.69, 9.17) is 10.00 Å². The van der Waals surface area contributed by atoms with Crippen LogP contribution in [0.2, 0.25) is 0 Å². The highest BCUT2D eigenvalue weighted by atomic mass is 16.6. The normalized spacial score (nSPS) is 22.4. The molecule has 1 aromatic rings. The molecule has 27 heavy (non-hydrogen) atoms. The lowest BCUT2D eigenvalue weighted by atomic mass is 10.1. The van der Waals surface area contributed by atoms with Crippen LogP contribution in [0.3, 0.4) is 0 Å². The predicted octanol–water partition coefficient (Wildman–Crippen LogP) is 2.11. The summed E-state index contributed by atoms with van der Waals surface area (Å²) in [5.41, 5.74) is 1.56. The number of hydrogen-bond acceptors (Lipinski definition) is 5. The molecule has 0 unspecified atom stereocenters. The average Bonchev–Trinajstić information content (AvgIpc) is 2.90. The molecule has 2 heterocycles. The maximum Gasteiger partial charge on any atom is 0.410 e. The molecule has 0 saturated carbocycles. The molecular weight excluding hydrogens is 344 g/mol. The molecule has 2 amide bonds. The second-order valence-electron chi connectivity index (χ2n) is 8.26. The van der Waals surface area contributed by atoms with E-state index in [0.717, 1.165) is 5.56 Å². The number of ether oxygens (including phenoxy) is 1. The lowest BCUT2D eigenvalue weighted by Crippen LogP contribution is -2.60. The van der Waals surface area contributed by atoms with Crippen molar-refractivity contribution in [1.29, 1.82) is 5.26 Å². The molecule has 0 bridgehead atoms. The number of rotatable bonds is 2. The van der Waals surface area contributed by atoms with Crippen molar-refractivity contribution in [3.8, 4) is 6.07 Å². The molecule has 0 spiro atoms. The minimum absolute atomic E-state index is 0.0255. The fourth-order valence-corrected chi connectivity index (χ4v) is 3.49. The predicted molar refractivity (Wildman–Crippen MR) is 100 cm³/mol. The Morgan fingerprint density at radius 3 is 2.81 bits per heavy atom. The van der Waals surface area contributed by atoms with Crippen LogP contribution in [0.1, 0.15) is 49.2 Å². The van der Waals surface area contributed by atoms with E-state index in [2.05, 4.69) is 11.4 Å². The molecule has 0 aromatic heterocycles. The molecule has 7 nitrogen and oxygen atoms in total. The highest BCUT2D eigenvalue weighted by Gasteiger charge is 2.35. The number of nitrogens with zero attached hydrogens (tertiary/aromatic N) is 3. The van der Waals surface area contributed by atoms with Crippen LogP contribution in [0.5, 0.6) is 0 Å². The third-order valence-corrected chi connectivity index (χ3v) is 4.83. The van der Waals surface area contributed by atoms with Crippen molar-refractivity contribution in [2.75, 3.05) is 19.6 Å². The Bertz CT molecular complexity index is 793. The molecular formula is C20H26N4O3. The van der Waals surface area contributed by atoms with Gasteiger partial charge in [-0.15, -0.1) is 0 Å². The van der Waals surface area contributed by atoms with Crippen molar-refractivity contribution in [3.63, 3.8) is 0 Å². The van der Waals surface area contributed by atoms with Gasteiger partial charge in [-0.2, -0.15) is 5.26 Å². The van der Waals surface area contributed by atoms with Crippen LogP contribution >= 0.6 is 0 Å². The van der Waals surface area contributed by atoms with Crippen molar-refractivity contribution in [2.24, 2.45) is 0 Å². The number of fused-ring (bicyclic) bond motifs is 1. The number of piperazine rings is 1. The molecule has 0 radical (unpaired) electrons. The van der Waals surface area contributed by atoms with Crippen LogP contribution in [0.4, 0.5) is 4.79 Å². The number of amides is 2. The fraction of sp³-hybridized carbons (Fsp3) is 0.550. The summed E-state index contributed by atoms with van der Waals surface area (Å²) in [6, 6.07) is 7.28. The summed E-state index contributed by atoms with van der Waals surface area (Å²) in [5.74, 6) is -0.0290. The van der Waals surface area contributed by atoms with Gasteiger partial charge in [0.2, 0.25) is 0 Å². The molecule has 1 aromatic carbocycles. The molecule has 2 atom stereocenters. The SMILES string of the molecule is C[C@@H]1CN[C@@H](CN2Cc3cc(C#N)ccc3C2=O)CN1C(=O)OC(C)(C)C. The first-order valence-corrected chi connectivity index (χ1v) is 9.23. The average molecular weight is 370 g/mol. The second kappa shape index (κ2) is 7.20. The Balaban J connectivity index is 1.65. The quantitative estimate of drug-likeness (QED) is 0.862. The number of nitrogens with one attached hydrogen (secondary N) is 1. The van der Waals surface area contributed by atoms with Gasteiger partial charge < -0.3 is 19.9 Å². The molecule has 1 saturated heterocycles. The van der Waals surface area contributed by atoms with Gasteiger partial charge in [-0.3, -0.25) is 4.79 Å². The molecule has 3 rings (SSSR count). The molecule has 144 valence electrons. The summed E-state index contributed by atoms with van der Waals surface area (Å²) in [5, 5.41) is 12.5. The molecule has 7 heteroatoms. The summed E-state index contributed by atoms with van der Waals surface area (Å²) in [6.07, 6.45) is -0.323. The van der Waals surface area contributed by atoms with Crippen LogP contribution in [0, 0.1) is 11.3 Å². The van der Waals surface area contributed by atoms with Gasteiger partial charge in [0, 0.05) is 43.8 Å². The Hall–Kier alpha value is -2.59. The highest BCUT2D eigenvalue weighted by molar-refractivity contribution is 5.98. The number of nitriles is 1. The zero-order valence-corrected chi connectivity index (χ0v) is 16.3. The number of carbonyl (C=O) groups is 2. The van der Waals surface area contributed by atoms with Crippen LogP contribution in [-0.4, -0.2) is 59.1 Å². The van der Waals surface area contributed by atoms with Gasteiger partial charge in [-0.05, 0) is 51.5 Å². The van der Waals surface area contributed by atoms with E-state index in [0.29, 0.717) is 37.3 Å². The van der Waals surface area contributed by atoms with E-state index >= 15 is 0 Å². The summed E-state index contributed by atoms with van der Waals surface area (Å²) in [7, 11) is 0. The third kappa shape index (κ3) is 4.22. The van der Waals surface area contributed by atoms with Crippen LogP contribution in [-0.2, 0) is 11.3 Å². The summed E-state index contributed by atoms with van der Waals surface area (Å²) < 4.78 is 5.51. The van der Waals surface area contributed by atoms with Crippen molar-refractivity contribution in [2.45, 2.75) is 51.9 Å². The monoisotopic (exact) mass is 370 g/mol. The summed E-state index contributed by atoms with van der Waals surface area (Å²) in [6.45, 7) is 9.66. The van der Waals surface area contributed by atoms with E-state index in [9.17, 15) is 9.59 Å². The van der Waals surface area contributed by atoms with E-state index < -0.39 is 5.60 Å². The van der Waals surface area contributed by atoms with Crippen LogP contribution in [0.15, 0.2) is 18.2 Å². The minimum atomic E-state index is -0.539. The number of carbonyl (C=O) groups excluding carboxylic acids is 2. The van der Waals surface area contributed by atoms with Gasteiger partial charge in [0.05, 0.1) is 11.6 Å². The zero-order valence-electron chi connectivity index (χ0n) is 16.3. The highest BCUT2D eigenvalue weighted by Crippen LogP contribution is 2.24. The first kappa shape index (κ1) is 19.2. The van der Waals surface area contributed by atoms with E-state index in [1.54, 1.807) is 28.0 Å². The van der Waals surface area contributed by atoms with Gasteiger partial charge in [0.1, 0.15) is 5.60 Å².